The lowest BCUT2D eigenvalue weighted by Gasteiger charge is -2.12. The maximum Gasteiger partial charge on any atom is 0.244 e. The number of amides is 1. The fraction of sp³-hybridized carbons (Fsp3) is 0.250. The quantitative estimate of drug-likeness (QED) is 0.855. The molecule has 1 aromatic heterocycles. The minimum absolute atomic E-state index is 0.00574. The molecule has 0 fully saturated rings. The van der Waals surface area contributed by atoms with E-state index < -0.39 is 0 Å². The van der Waals surface area contributed by atoms with E-state index >= 15 is 0 Å². The number of hydrogen-bond acceptors (Lipinski definition) is 4. The fourth-order valence-corrected chi connectivity index (χ4v) is 2.21. The van der Waals surface area contributed by atoms with Crippen molar-refractivity contribution in [3.05, 3.63) is 48.3 Å². The van der Waals surface area contributed by atoms with Crippen molar-refractivity contribution in [2.24, 2.45) is 0 Å². The first-order chi connectivity index (χ1) is 10.7. The zero-order valence-electron chi connectivity index (χ0n) is 12.2. The Labute approximate surface area is 128 Å². The monoisotopic (exact) mass is 299 g/mol. The molecule has 1 N–H and O–H groups in total. The van der Waals surface area contributed by atoms with Gasteiger partial charge in [-0.15, -0.1) is 0 Å². The number of fused-ring (bicyclic) bond motifs is 1. The number of carbonyl (C=O) groups excluding carboxylic acids is 1. The van der Waals surface area contributed by atoms with Crippen molar-refractivity contribution in [1.82, 2.24) is 15.1 Å². The summed E-state index contributed by atoms with van der Waals surface area (Å²) in [6.07, 6.45) is 6.84. The normalized spacial score (nSPS) is 14.2. The summed E-state index contributed by atoms with van der Waals surface area (Å²) >= 11 is 0. The molecule has 6 nitrogen and oxygen atoms in total. The molecule has 0 bridgehead atoms. The summed E-state index contributed by atoms with van der Waals surface area (Å²) in [5, 5.41) is 7.01. The molecule has 1 aromatic carbocycles. The molecule has 0 spiro atoms. The van der Waals surface area contributed by atoms with Crippen molar-refractivity contribution in [3.63, 3.8) is 0 Å². The molecule has 0 radical (unpaired) electrons. The van der Waals surface area contributed by atoms with Crippen LogP contribution in [0.25, 0.3) is 6.08 Å². The van der Waals surface area contributed by atoms with Gasteiger partial charge >= 0.3 is 0 Å². The van der Waals surface area contributed by atoms with E-state index in [0.717, 1.165) is 11.3 Å². The molecule has 1 atom stereocenters. The summed E-state index contributed by atoms with van der Waals surface area (Å²) < 4.78 is 12.3. The van der Waals surface area contributed by atoms with Crippen LogP contribution in [0.3, 0.4) is 0 Å². The predicted octanol–water partition coefficient (Wildman–Crippen LogP) is 1.83. The summed E-state index contributed by atoms with van der Waals surface area (Å²) in [6, 6.07) is 7.41. The van der Waals surface area contributed by atoms with Gasteiger partial charge in [-0.3, -0.25) is 9.48 Å². The van der Waals surface area contributed by atoms with Gasteiger partial charge in [-0.1, -0.05) is 6.07 Å². The van der Waals surface area contributed by atoms with E-state index in [1.165, 1.54) is 6.08 Å². The van der Waals surface area contributed by atoms with E-state index in [9.17, 15) is 4.79 Å². The molecule has 1 amide bonds. The van der Waals surface area contributed by atoms with Crippen LogP contribution in [0, 0.1) is 0 Å². The Bertz CT molecular complexity index is 680. The van der Waals surface area contributed by atoms with Gasteiger partial charge in [-0.05, 0) is 36.8 Å². The Morgan fingerprint density at radius 2 is 2.32 bits per heavy atom. The minimum atomic E-state index is -0.141. The third-order valence-electron chi connectivity index (χ3n) is 3.23. The van der Waals surface area contributed by atoms with E-state index in [-0.39, 0.29) is 18.7 Å². The molecule has 6 heteroatoms. The van der Waals surface area contributed by atoms with E-state index in [0.29, 0.717) is 12.3 Å². The van der Waals surface area contributed by atoms with E-state index in [2.05, 4.69) is 10.4 Å². The molecule has 1 aliphatic rings. The van der Waals surface area contributed by atoms with Crippen molar-refractivity contribution in [2.45, 2.75) is 19.5 Å². The third kappa shape index (κ3) is 3.46. The highest BCUT2D eigenvalue weighted by atomic mass is 16.7. The average molecular weight is 299 g/mol. The Morgan fingerprint density at radius 3 is 3.14 bits per heavy atom. The van der Waals surface area contributed by atoms with Gasteiger partial charge < -0.3 is 14.8 Å². The number of nitrogens with zero attached hydrogens (tertiary/aromatic N) is 2. The maximum absolute atomic E-state index is 11.9. The summed E-state index contributed by atoms with van der Waals surface area (Å²) in [6.45, 7) is 2.82. The van der Waals surface area contributed by atoms with Crippen LogP contribution in [0.2, 0.25) is 0 Å². The lowest BCUT2D eigenvalue weighted by atomic mass is 10.2. The molecule has 0 saturated heterocycles. The van der Waals surface area contributed by atoms with Crippen LogP contribution < -0.4 is 14.8 Å². The van der Waals surface area contributed by atoms with Gasteiger partial charge in [0.1, 0.15) is 0 Å². The number of benzene rings is 1. The summed E-state index contributed by atoms with van der Waals surface area (Å²) in [5.74, 6) is 1.29. The maximum atomic E-state index is 11.9. The molecule has 2 aromatic rings. The van der Waals surface area contributed by atoms with Crippen LogP contribution in [0.15, 0.2) is 42.7 Å². The van der Waals surface area contributed by atoms with Crippen LogP contribution in [0.1, 0.15) is 12.5 Å². The molecule has 114 valence electrons. The summed E-state index contributed by atoms with van der Waals surface area (Å²) in [4.78, 5) is 11.9. The molecule has 1 aliphatic heterocycles. The Balaban J connectivity index is 1.54. The zero-order valence-corrected chi connectivity index (χ0v) is 12.2. The van der Waals surface area contributed by atoms with E-state index in [4.69, 9.17) is 9.47 Å². The third-order valence-corrected chi connectivity index (χ3v) is 3.23. The molecular weight excluding hydrogens is 282 g/mol. The average Bonchev–Trinajstić information content (AvgIpc) is 3.15. The van der Waals surface area contributed by atoms with Crippen LogP contribution in [-0.4, -0.2) is 28.5 Å². The largest absolute Gasteiger partial charge is 0.454 e. The van der Waals surface area contributed by atoms with Gasteiger partial charge in [-0.25, -0.2) is 0 Å². The highest BCUT2D eigenvalue weighted by molar-refractivity contribution is 5.92. The second-order valence-corrected chi connectivity index (χ2v) is 5.08. The fourth-order valence-electron chi connectivity index (χ4n) is 2.21. The van der Waals surface area contributed by atoms with Gasteiger partial charge in [0.05, 0.1) is 6.54 Å². The first kappa shape index (κ1) is 14.2. The van der Waals surface area contributed by atoms with Gasteiger partial charge in [0, 0.05) is 24.5 Å². The lowest BCUT2D eigenvalue weighted by molar-refractivity contribution is -0.117. The second-order valence-electron chi connectivity index (χ2n) is 5.08. The number of carbonyl (C=O) groups is 1. The number of aromatic nitrogens is 2. The van der Waals surface area contributed by atoms with Crippen molar-refractivity contribution in [1.29, 1.82) is 0 Å². The Morgan fingerprint density at radius 1 is 1.45 bits per heavy atom. The van der Waals surface area contributed by atoms with Crippen LogP contribution in [-0.2, 0) is 11.3 Å². The smallest absolute Gasteiger partial charge is 0.244 e. The molecule has 2 heterocycles. The van der Waals surface area contributed by atoms with E-state index in [1.807, 2.05) is 37.4 Å². The van der Waals surface area contributed by atoms with Gasteiger partial charge in [0.15, 0.2) is 11.5 Å². The first-order valence-electron chi connectivity index (χ1n) is 7.06. The van der Waals surface area contributed by atoms with Gasteiger partial charge in [0.25, 0.3) is 0 Å². The van der Waals surface area contributed by atoms with Crippen molar-refractivity contribution >= 4 is 12.0 Å². The lowest BCUT2D eigenvalue weighted by Crippen LogP contribution is -2.34. The van der Waals surface area contributed by atoms with Gasteiger partial charge in [-0.2, -0.15) is 5.10 Å². The zero-order chi connectivity index (χ0) is 15.4. The second kappa shape index (κ2) is 6.34. The molecule has 1 unspecified atom stereocenters. The predicted molar refractivity (Wildman–Crippen MR) is 81.4 cm³/mol. The van der Waals surface area contributed by atoms with Crippen molar-refractivity contribution in [3.8, 4) is 11.5 Å². The Hall–Kier alpha value is -2.76. The summed E-state index contributed by atoms with van der Waals surface area (Å²) in [7, 11) is 0. The topological polar surface area (TPSA) is 65.4 Å². The van der Waals surface area contributed by atoms with Gasteiger partial charge in [0.2, 0.25) is 12.7 Å². The highest BCUT2D eigenvalue weighted by Gasteiger charge is 2.12. The Kier molecular flexibility index (Phi) is 4.09. The molecule has 22 heavy (non-hydrogen) atoms. The van der Waals surface area contributed by atoms with Crippen molar-refractivity contribution < 1.29 is 14.3 Å². The number of rotatable bonds is 5. The first-order valence-corrected chi connectivity index (χ1v) is 7.06. The number of ether oxygens (including phenoxy) is 2. The molecular formula is C16H17N3O3. The van der Waals surface area contributed by atoms with Crippen molar-refractivity contribution in [2.75, 3.05) is 6.79 Å². The van der Waals surface area contributed by atoms with Crippen LogP contribution in [0.5, 0.6) is 11.5 Å². The SMILES string of the molecule is CC(Cn1cccn1)NC(=O)C=Cc1ccc2c(c1)OCO2. The highest BCUT2D eigenvalue weighted by Crippen LogP contribution is 2.32. The number of hydrogen-bond donors (Lipinski definition) is 1. The minimum Gasteiger partial charge on any atom is -0.454 e. The molecule has 3 rings (SSSR count). The standard InChI is InChI=1S/C16H17N3O3/c1-12(10-19-8-2-7-17-19)18-16(20)6-4-13-3-5-14-15(9-13)22-11-21-14/h2-9,12H,10-11H2,1H3,(H,18,20). The molecule has 0 saturated carbocycles. The summed E-state index contributed by atoms with van der Waals surface area (Å²) in [5.41, 5.74) is 0.888. The molecule has 0 aliphatic carbocycles. The number of nitrogens with one attached hydrogen (secondary N) is 1. The van der Waals surface area contributed by atoms with Crippen LogP contribution in [0.4, 0.5) is 0 Å². The van der Waals surface area contributed by atoms with E-state index in [1.54, 1.807) is 17.0 Å². The van der Waals surface area contributed by atoms with Crippen LogP contribution >= 0.6 is 0 Å².